The monoisotopic (exact) mass is 265 g/mol. The summed E-state index contributed by atoms with van der Waals surface area (Å²) < 4.78 is 1.73. The molecule has 0 fully saturated rings. The second kappa shape index (κ2) is 5.46. The van der Waals surface area contributed by atoms with E-state index < -0.39 is 0 Å². The third-order valence-electron chi connectivity index (χ3n) is 2.79. The van der Waals surface area contributed by atoms with Crippen molar-refractivity contribution in [3.8, 4) is 5.69 Å². The lowest BCUT2D eigenvalue weighted by atomic mass is 10.2. The van der Waals surface area contributed by atoms with Crippen LogP contribution in [0.4, 0.5) is 0 Å². The highest BCUT2D eigenvalue weighted by atomic mass is 35.5. The quantitative estimate of drug-likeness (QED) is 0.922. The van der Waals surface area contributed by atoms with Crippen molar-refractivity contribution in [1.82, 2.24) is 25.5 Å². The predicted molar refractivity (Wildman–Crippen MR) is 71.0 cm³/mol. The third kappa shape index (κ3) is 2.52. The van der Waals surface area contributed by atoms with Crippen molar-refractivity contribution in [3.05, 3.63) is 34.6 Å². The lowest BCUT2D eigenvalue weighted by Gasteiger charge is -2.13. The molecule has 1 heterocycles. The number of benzene rings is 1. The molecule has 0 spiro atoms. The average Bonchev–Trinajstić information content (AvgIpc) is 2.81. The Bertz CT molecular complexity index is 537. The number of nitrogens with zero attached hydrogens (tertiary/aromatic N) is 4. The van der Waals surface area contributed by atoms with E-state index in [4.69, 9.17) is 11.6 Å². The molecule has 1 atom stereocenters. The van der Waals surface area contributed by atoms with Crippen LogP contribution in [0.15, 0.2) is 18.2 Å². The van der Waals surface area contributed by atoms with E-state index in [2.05, 4.69) is 27.8 Å². The molecule has 0 radical (unpaired) electrons. The SMILES string of the molecule is CCNC(C)c1nnnn1-c1cc(Cl)ccc1C. The third-order valence-corrected chi connectivity index (χ3v) is 3.03. The van der Waals surface area contributed by atoms with Crippen LogP contribution in [0.25, 0.3) is 5.69 Å². The number of aryl methyl sites for hydroxylation is 1. The summed E-state index contributed by atoms with van der Waals surface area (Å²) in [6.45, 7) is 6.96. The van der Waals surface area contributed by atoms with Gasteiger partial charge in [0.15, 0.2) is 5.82 Å². The van der Waals surface area contributed by atoms with Crippen molar-refractivity contribution in [2.24, 2.45) is 0 Å². The zero-order valence-corrected chi connectivity index (χ0v) is 11.4. The summed E-state index contributed by atoms with van der Waals surface area (Å²) in [5.41, 5.74) is 1.99. The van der Waals surface area contributed by atoms with Crippen molar-refractivity contribution in [2.75, 3.05) is 6.54 Å². The van der Waals surface area contributed by atoms with Gasteiger partial charge in [0.05, 0.1) is 11.7 Å². The molecule has 0 aliphatic carbocycles. The molecule has 2 aromatic rings. The molecule has 6 heteroatoms. The van der Waals surface area contributed by atoms with Crippen molar-refractivity contribution in [2.45, 2.75) is 26.8 Å². The number of hydrogen-bond acceptors (Lipinski definition) is 4. The maximum absolute atomic E-state index is 6.03. The van der Waals surface area contributed by atoms with Crippen LogP contribution in [0, 0.1) is 6.92 Å². The van der Waals surface area contributed by atoms with Crippen LogP contribution >= 0.6 is 11.6 Å². The Labute approximate surface area is 111 Å². The number of nitrogens with one attached hydrogen (secondary N) is 1. The van der Waals surface area contributed by atoms with E-state index in [9.17, 15) is 0 Å². The predicted octanol–water partition coefficient (Wildman–Crippen LogP) is 2.29. The highest BCUT2D eigenvalue weighted by Gasteiger charge is 2.16. The summed E-state index contributed by atoms with van der Waals surface area (Å²) in [5.74, 6) is 0.780. The van der Waals surface area contributed by atoms with Crippen molar-refractivity contribution in [1.29, 1.82) is 0 Å². The maximum Gasteiger partial charge on any atom is 0.173 e. The smallest absolute Gasteiger partial charge is 0.173 e. The van der Waals surface area contributed by atoms with Gasteiger partial charge in [0.1, 0.15) is 0 Å². The summed E-state index contributed by atoms with van der Waals surface area (Å²) >= 11 is 6.03. The first-order valence-electron chi connectivity index (χ1n) is 5.91. The summed E-state index contributed by atoms with van der Waals surface area (Å²) in [7, 11) is 0. The molecule has 1 unspecified atom stereocenters. The van der Waals surface area contributed by atoms with E-state index in [1.807, 2.05) is 32.0 Å². The van der Waals surface area contributed by atoms with Gasteiger partial charge in [-0.05, 0) is 48.5 Å². The largest absolute Gasteiger partial charge is 0.308 e. The molecule has 0 saturated heterocycles. The highest BCUT2D eigenvalue weighted by molar-refractivity contribution is 6.30. The molecule has 2 rings (SSSR count). The number of aromatic nitrogens is 4. The Balaban J connectivity index is 2.45. The normalized spacial score (nSPS) is 12.7. The first-order valence-corrected chi connectivity index (χ1v) is 6.29. The van der Waals surface area contributed by atoms with Crippen molar-refractivity contribution < 1.29 is 0 Å². The molecule has 1 aromatic heterocycles. The van der Waals surface area contributed by atoms with Gasteiger partial charge < -0.3 is 5.32 Å². The Morgan fingerprint density at radius 3 is 2.94 bits per heavy atom. The van der Waals surface area contributed by atoms with Crippen molar-refractivity contribution >= 4 is 11.6 Å². The van der Waals surface area contributed by atoms with Gasteiger partial charge in [-0.3, -0.25) is 0 Å². The summed E-state index contributed by atoms with van der Waals surface area (Å²) in [6.07, 6.45) is 0. The minimum Gasteiger partial charge on any atom is -0.308 e. The van der Waals surface area contributed by atoms with E-state index in [0.29, 0.717) is 5.02 Å². The zero-order chi connectivity index (χ0) is 13.1. The first kappa shape index (κ1) is 13.0. The van der Waals surface area contributed by atoms with Gasteiger partial charge in [-0.15, -0.1) is 5.10 Å². The van der Waals surface area contributed by atoms with Crippen LogP contribution < -0.4 is 5.32 Å². The minimum atomic E-state index is 0.0865. The Kier molecular flexibility index (Phi) is 3.93. The zero-order valence-electron chi connectivity index (χ0n) is 10.7. The first-order chi connectivity index (χ1) is 8.63. The fourth-order valence-corrected chi connectivity index (χ4v) is 2.01. The average molecular weight is 266 g/mol. The summed E-state index contributed by atoms with van der Waals surface area (Å²) in [5, 5.41) is 15.8. The van der Waals surface area contributed by atoms with Crippen LogP contribution in [-0.2, 0) is 0 Å². The lowest BCUT2D eigenvalue weighted by Crippen LogP contribution is -2.21. The van der Waals surface area contributed by atoms with Crippen LogP contribution in [0.1, 0.15) is 31.3 Å². The lowest BCUT2D eigenvalue weighted by molar-refractivity contribution is 0.550. The highest BCUT2D eigenvalue weighted by Crippen LogP contribution is 2.21. The van der Waals surface area contributed by atoms with E-state index in [1.54, 1.807) is 4.68 Å². The molecular formula is C12H16ClN5. The Hall–Kier alpha value is -1.46. The fourth-order valence-electron chi connectivity index (χ4n) is 1.84. The molecule has 0 aliphatic rings. The van der Waals surface area contributed by atoms with Crippen LogP contribution in [0.5, 0.6) is 0 Å². The van der Waals surface area contributed by atoms with Crippen LogP contribution in [-0.4, -0.2) is 26.8 Å². The van der Waals surface area contributed by atoms with E-state index >= 15 is 0 Å². The second-order valence-electron chi connectivity index (χ2n) is 4.16. The number of tetrazole rings is 1. The standard InChI is InChI=1S/C12H16ClN5/c1-4-14-9(3)12-15-16-17-18(12)11-7-10(13)6-5-8(11)2/h5-7,9,14H,4H2,1-3H3. The van der Waals surface area contributed by atoms with E-state index in [-0.39, 0.29) is 6.04 Å². The molecule has 0 bridgehead atoms. The molecule has 0 saturated carbocycles. The van der Waals surface area contributed by atoms with Crippen LogP contribution in [0.2, 0.25) is 5.02 Å². The Morgan fingerprint density at radius 1 is 1.44 bits per heavy atom. The summed E-state index contributed by atoms with van der Waals surface area (Å²) in [4.78, 5) is 0. The van der Waals surface area contributed by atoms with Gasteiger partial charge in [0, 0.05) is 5.02 Å². The van der Waals surface area contributed by atoms with Gasteiger partial charge in [-0.25, -0.2) is 0 Å². The topological polar surface area (TPSA) is 55.6 Å². The molecule has 0 amide bonds. The number of hydrogen-bond donors (Lipinski definition) is 1. The molecule has 18 heavy (non-hydrogen) atoms. The fraction of sp³-hybridized carbons (Fsp3) is 0.417. The van der Waals surface area contributed by atoms with Gasteiger partial charge in [-0.1, -0.05) is 24.6 Å². The van der Waals surface area contributed by atoms with Gasteiger partial charge in [0.25, 0.3) is 0 Å². The van der Waals surface area contributed by atoms with E-state index in [1.165, 1.54) is 0 Å². The molecule has 96 valence electrons. The second-order valence-corrected chi connectivity index (χ2v) is 4.60. The molecule has 1 aromatic carbocycles. The minimum absolute atomic E-state index is 0.0865. The van der Waals surface area contributed by atoms with Gasteiger partial charge in [0.2, 0.25) is 0 Å². The number of rotatable bonds is 4. The van der Waals surface area contributed by atoms with Gasteiger partial charge >= 0.3 is 0 Å². The number of halogens is 1. The van der Waals surface area contributed by atoms with E-state index in [0.717, 1.165) is 23.6 Å². The van der Waals surface area contributed by atoms with Gasteiger partial charge in [-0.2, -0.15) is 4.68 Å². The molecular weight excluding hydrogens is 250 g/mol. The van der Waals surface area contributed by atoms with Crippen molar-refractivity contribution in [3.63, 3.8) is 0 Å². The molecule has 0 aliphatic heterocycles. The molecule has 5 nitrogen and oxygen atoms in total. The molecule has 1 N–H and O–H groups in total. The summed E-state index contributed by atoms with van der Waals surface area (Å²) in [6, 6.07) is 5.78. The Morgan fingerprint density at radius 2 is 2.22 bits per heavy atom. The van der Waals surface area contributed by atoms with Crippen LogP contribution in [0.3, 0.4) is 0 Å². The maximum atomic E-state index is 6.03.